The van der Waals surface area contributed by atoms with Crippen LogP contribution in [-0.2, 0) is 0 Å². The van der Waals surface area contributed by atoms with E-state index in [-0.39, 0.29) is 5.91 Å². The zero-order valence-electron chi connectivity index (χ0n) is 11.7. The highest BCUT2D eigenvalue weighted by Crippen LogP contribution is 2.18. The fourth-order valence-electron chi connectivity index (χ4n) is 2.02. The second kappa shape index (κ2) is 6.23. The Morgan fingerprint density at radius 2 is 2.23 bits per heavy atom. The molecule has 3 rings (SSSR count). The van der Waals surface area contributed by atoms with Crippen molar-refractivity contribution in [2.45, 2.75) is 0 Å². The maximum atomic E-state index is 12.3. The number of benzene rings is 1. The van der Waals surface area contributed by atoms with Crippen molar-refractivity contribution >= 4 is 22.5 Å². The van der Waals surface area contributed by atoms with Crippen molar-refractivity contribution in [2.24, 2.45) is 5.73 Å². The Morgan fingerprint density at radius 1 is 1.32 bits per heavy atom. The summed E-state index contributed by atoms with van der Waals surface area (Å²) in [7, 11) is 0. The van der Waals surface area contributed by atoms with Crippen LogP contribution in [0.15, 0.2) is 42.7 Å². The third-order valence-electron chi connectivity index (χ3n) is 3.06. The lowest BCUT2D eigenvalue weighted by Gasteiger charge is -2.07. The quantitative estimate of drug-likeness (QED) is 0.662. The minimum Gasteiger partial charge on any atom is -0.476 e. The topological polar surface area (TPSA) is 106 Å². The number of amides is 1. The second-order valence-electron chi connectivity index (χ2n) is 4.65. The van der Waals surface area contributed by atoms with Crippen molar-refractivity contribution < 1.29 is 9.53 Å². The van der Waals surface area contributed by atoms with Crippen LogP contribution in [-0.4, -0.2) is 34.2 Å². The molecule has 112 valence electrons. The molecule has 0 aliphatic heterocycles. The van der Waals surface area contributed by atoms with Crippen LogP contribution in [0.3, 0.4) is 0 Å². The second-order valence-corrected chi connectivity index (χ2v) is 4.65. The molecule has 22 heavy (non-hydrogen) atoms. The normalized spacial score (nSPS) is 10.6. The monoisotopic (exact) mass is 297 g/mol. The number of nitrogens with two attached hydrogens (primary N) is 1. The van der Waals surface area contributed by atoms with Gasteiger partial charge in [0.05, 0.1) is 11.7 Å². The molecule has 7 heteroatoms. The van der Waals surface area contributed by atoms with Gasteiger partial charge in [-0.25, -0.2) is 4.98 Å². The zero-order valence-corrected chi connectivity index (χ0v) is 11.7. The first-order valence-electron chi connectivity index (χ1n) is 6.79. The number of rotatable bonds is 5. The molecule has 0 saturated heterocycles. The highest BCUT2D eigenvalue weighted by atomic mass is 16.5. The number of nitrogens with one attached hydrogen (secondary N) is 2. The van der Waals surface area contributed by atoms with Gasteiger partial charge in [-0.1, -0.05) is 0 Å². The Balaban J connectivity index is 1.75. The number of anilines is 1. The molecular formula is C15H15N5O2. The van der Waals surface area contributed by atoms with E-state index in [9.17, 15) is 4.79 Å². The number of H-pyrrole nitrogens is 1. The summed E-state index contributed by atoms with van der Waals surface area (Å²) < 4.78 is 5.31. The molecule has 1 aromatic carbocycles. The molecule has 0 saturated carbocycles. The van der Waals surface area contributed by atoms with Gasteiger partial charge in [0, 0.05) is 35.4 Å². The lowest BCUT2D eigenvalue weighted by molar-refractivity contribution is 0.102. The molecule has 4 N–H and O–H groups in total. The summed E-state index contributed by atoms with van der Waals surface area (Å²) in [6.45, 7) is 0.748. The maximum absolute atomic E-state index is 12.3. The number of carbonyl (C=O) groups is 1. The van der Waals surface area contributed by atoms with E-state index in [0.717, 1.165) is 10.9 Å². The number of nitrogens with zero attached hydrogens (tertiary/aromatic N) is 2. The number of hydrogen-bond acceptors (Lipinski definition) is 5. The van der Waals surface area contributed by atoms with Gasteiger partial charge in [-0.3, -0.25) is 9.89 Å². The SMILES string of the molecule is NCCOc1cc(C(=O)Nc2ccc3[nH]ncc3c2)ccn1. The Hall–Kier alpha value is -2.93. The first-order chi connectivity index (χ1) is 10.8. The van der Waals surface area contributed by atoms with Crippen LogP contribution in [0.2, 0.25) is 0 Å². The van der Waals surface area contributed by atoms with Crippen LogP contribution in [0, 0.1) is 0 Å². The van der Waals surface area contributed by atoms with Crippen LogP contribution in [0.4, 0.5) is 5.69 Å². The smallest absolute Gasteiger partial charge is 0.255 e. The molecule has 0 unspecified atom stereocenters. The van der Waals surface area contributed by atoms with Crippen LogP contribution in [0.5, 0.6) is 5.88 Å². The first kappa shape index (κ1) is 14.0. The minimum absolute atomic E-state index is 0.233. The van der Waals surface area contributed by atoms with E-state index < -0.39 is 0 Å². The molecule has 1 amide bonds. The van der Waals surface area contributed by atoms with E-state index in [1.54, 1.807) is 18.3 Å². The summed E-state index contributed by atoms with van der Waals surface area (Å²) in [5.41, 5.74) is 7.45. The van der Waals surface area contributed by atoms with Crippen LogP contribution >= 0.6 is 0 Å². The van der Waals surface area contributed by atoms with Gasteiger partial charge in [0.2, 0.25) is 5.88 Å². The number of fused-ring (bicyclic) bond motifs is 1. The summed E-state index contributed by atoms with van der Waals surface area (Å²) in [5, 5.41) is 10.6. The third kappa shape index (κ3) is 3.04. The number of ether oxygens (including phenoxy) is 1. The molecular weight excluding hydrogens is 282 g/mol. The summed E-state index contributed by atoms with van der Waals surface area (Å²) >= 11 is 0. The van der Waals surface area contributed by atoms with Crippen LogP contribution in [0.25, 0.3) is 10.9 Å². The molecule has 0 bridgehead atoms. The average molecular weight is 297 g/mol. The highest BCUT2D eigenvalue weighted by molar-refractivity contribution is 6.05. The predicted molar refractivity (Wildman–Crippen MR) is 82.8 cm³/mol. The molecule has 0 fully saturated rings. The molecule has 2 aromatic heterocycles. The van der Waals surface area contributed by atoms with Gasteiger partial charge in [-0.05, 0) is 24.3 Å². The lowest BCUT2D eigenvalue weighted by Crippen LogP contribution is -2.14. The van der Waals surface area contributed by atoms with Crippen LogP contribution in [0.1, 0.15) is 10.4 Å². The number of pyridine rings is 1. The maximum Gasteiger partial charge on any atom is 0.255 e. The number of carbonyl (C=O) groups excluding carboxylic acids is 1. The molecule has 0 aliphatic rings. The minimum atomic E-state index is -0.233. The van der Waals surface area contributed by atoms with Crippen molar-refractivity contribution in [1.29, 1.82) is 0 Å². The predicted octanol–water partition coefficient (Wildman–Crippen LogP) is 1.55. The van der Waals surface area contributed by atoms with E-state index in [1.165, 1.54) is 6.20 Å². The van der Waals surface area contributed by atoms with Gasteiger partial charge in [-0.15, -0.1) is 0 Å². The van der Waals surface area contributed by atoms with Crippen molar-refractivity contribution in [1.82, 2.24) is 15.2 Å². The summed E-state index contributed by atoms with van der Waals surface area (Å²) in [6.07, 6.45) is 3.23. The Morgan fingerprint density at radius 3 is 3.09 bits per heavy atom. The fraction of sp³-hybridized carbons (Fsp3) is 0.133. The largest absolute Gasteiger partial charge is 0.476 e. The summed E-state index contributed by atoms with van der Waals surface area (Å²) in [6, 6.07) is 8.73. The van der Waals surface area contributed by atoms with Gasteiger partial charge >= 0.3 is 0 Å². The van der Waals surface area contributed by atoms with Gasteiger partial charge in [0.1, 0.15) is 6.61 Å². The third-order valence-corrected chi connectivity index (χ3v) is 3.06. The Labute approximate surface area is 126 Å². The van der Waals surface area contributed by atoms with Crippen molar-refractivity contribution in [2.75, 3.05) is 18.5 Å². The molecule has 0 aliphatic carbocycles. The molecule has 0 spiro atoms. The molecule has 0 radical (unpaired) electrons. The van der Waals surface area contributed by atoms with E-state index in [1.807, 2.05) is 18.2 Å². The van der Waals surface area contributed by atoms with Crippen LogP contribution < -0.4 is 15.8 Å². The highest BCUT2D eigenvalue weighted by Gasteiger charge is 2.09. The average Bonchev–Trinajstić information content (AvgIpc) is 3.01. The van der Waals surface area contributed by atoms with Gasteiger partial charge in [0.15, 0.2) is 0 Å². The van der Waals surface area contributed by atoms with E-state index >= 15 is 0 Å². The van der Waals surface area contributed by atoms with Gasteiger partial charge in [0.25, 0.3) is 5.91 Å². The Kier molecular flexibility index (Phi) is 3.97. The van der Waals surface area contributed by atoms with E-state index in [0.29, 0.717) is 30.3 Å². The van der Waals surface area contributed by atoms with Gasteiger partial charge < -0.3 is 15.8 Å². The first-order valence-corrected chi connectivity index (χ1v) is 6.79. The Bertz CT molecular complexity index is 799. The molecule has 7 nitrogen and oxygen atoms in total. The molecule has 2 heterocycles. The summed E-state index contributed by atoms with van der Waals surface area (Å²) in [5.74, 6) is 0.145. The summed E-state index contributed by atoms with van der Waals surface area (Å²) in [4.78, 5) is 16.3. The number of hydrogen-bond donors (Lipinski definition) is 3. The van der Waals surface area contributed by atoms with Crippen molar-refractivity contribution in [3.8, 4) is 5.88 Å². The lowest BCUT2D eigenvalue weighted by atomic mass is 10.2. The van der Waals surface area contributed by atoms with E-state index in [2.05, 4.69) is 20.5 Å². The standard InChI is InChI=1S/C15H15N5O2/c16-4-6-22-14-8-10(3-5-17-14)15(21)19-12-1-2-13-11(7-12)9-18-20-13/h1-3,5,7-9H,4,6,16H2,(H,18,20)(H,19,21). The van der Waals surface area contributed by atoms with Crippen molar-refractivity contribution in [3.63, 3.8) is 0 Å². The fourth-order valence-corrected chi connectivity index (χ4v) is 2.02. The van der Waals surface area contributed by atoms with Gasteiger partial charge in [-0.2, -0.15) is 5.10 Å². The number of aromatic nitrogens is 3. The zero-order chi connectivity index (χ0) is 15.4. The van der Waals surface area contributed by atoms with Crippen molar-refractivity contribution in [3.05, 3.63) is 48.3 Å². The van der Waals surface area contributed by atoms with E-state index in [4.69, 9.17) is 10.5 Å². The molecule has 0 atom stereocenters. The molecule has 3 aromatic rings. The number of aromatic amines is 1.